The molecule has 19 heavy (non-hydrogen) atoms. The monoisotopic (exact) mass is 256 g/mol. The summed E-state index contributed by atoms with van der Waals surface area (Å²) in [6.07, 6.45) is 2.42. The van der Waals surface area contributed by atoms with Crippen LogP contribution in [-0.4, -0.2) is 18.0 Å². The van der Waals surface area contributed by atoms with E-state index in [9.17, 15) is 5.26 Å². The lowest BCUT2D eigenvalue weighted by Gasteiger charge is -2.33. The van der Waals surface area contributed by atoms with Crippen LogP contribution in [0, 0.1) is 17.2 Å². The van der Waals surface area contributed by atoms with Crippen molar-refractivity contribution in [2.24, 2.45) is 5.92 Å². The second kappa shape index (κ2) is 6.21. The Hall–Kier alpha value is -1.33. The van der Waals surface area contributed by atoms with Crippen molar-refractivity contribution in [2.45, 2.75) is 45.6 Å². The summed E-state index contributed by atoms with van der Waals surface area (Å²) < 4.78 is 0. The molecule has 0 aliphatic carbocycles. The Balaban J connectivity index is 2.11. The minimum Gasteiger partial charge on any atom is -0.284 e. The van der Waals surface area contributed by atoms with Gasteiger partial charge in [0.15, 0.2) is 0 Å². The number of hydrogen-bond acceptors (Lipinski definition) is 2. The quantitative estimate of drug-likeness (QED) is 0.814. The van der Waals surface area contributed by atoms with Gasteiger partial charge in [0.2, 0.25) is 0 Å². The smallest absolute Gasteiger partial charge is 0.123 e. The van der Waals surface area contributed by atoms with Crippen LogP contribution in [0.4, 0.5) is 0 Å². The van der Waals surface area contributed by atoms with Crippen LogP contribution < -0.4 is 0 Å². The molecule has 1 aliphatic rings. The summed E-state index contributed by atoms with van der Waals surface area (Å²) in [6.45, 7) is 8.79. The first-order valence-electron chi connectivity index (χ1n) is 7.35. The van der Waals surface area contributed by atoms with Gasteiger partial charge >= 0.3 is 0 Å². The Morgan fingerprint density at radius 3 is 2.11 bits per heavy atom. The van der Waals surface area contributed by atoms with E-state index in [4.69, 9.17) is 0 Å². The highest BCUT2D eigenvalue weighted by Crippen LogP contribution is 2.27. The van der Waals surface area contributed by atoms with Crippen molar-refractivity contribution in [3.8, 4) is 6.07 Å². The molecule has 1 heterocycles. The Labute approximate surface area is 117 Å². The van der Waals surface area contributed by atoms with Crippen LogP contribution in [0.2, 0.25) is 0 Å². The minimum atomic E-state index is -0.0753. The van der Waals surface area contributed by atoms with Gasteiger partial charge in [0.25, 0.3) is 0 Å². The maximum Gasteiger partial charge on any atom is 0.123 e. The molecular formula is C17H24N2. The summed E-state index contributed by atoms with van der Waals surface area (Å²) in [5.74, 6) is 1.35. The van der Waals surface area contributed by atoms with Gasteiger partial charge in [-0.15, -0.1) is 0 Å². The lowest BCUT2D eigenvalue weighted by molar-refractivity contribution is 0.165. The fourth-order valence-electron chi connectivity index (χ4n) is 2.72. The SMILES string of the molecule is CC1CCN(C(C#N)c2ccc(C(C)C)cc2)CC1. The average Bonchev–Trinajstić information content (AvgIpc) is 2.42. The van der Waals surface area contributed by atoms with E-state index in [1.165, 1.54) is 18.4 Å². The van der Waals surface area contributed by atoms with E-state index in [1.807, 2.05) is 0 Å². The highest BCUT2D eigenvalue weighted by Gasteiger charge is 2.24. The van der Waals surface area contributed by atoms with E-state index in [1.54, 1.807) is 0 Å². The summed E-state index contributed by atoms with van der Waals surface area (Å²) in [5, 5.41) is 9.48. The van der Waals surface area contributed by atoms with Gasteiger partial charge in [0.05, 0.1) is 6.07 Å². The van der Waals surface area contributed by atoms with Crippen molar-refractivity contribution in [2.75, 3.05) is 13.1 Å². The molecule has 1 aromatic carbocycles. The van der Waals surface area contributed by atoms with Crippen LogP contribution >= 0.6 is 0 Å². The van der Waals surface area contributed by atoms with Crippen LogP contribution in [0.3, 0.4) is 0 Å². The first kappa shape index (κ1) is 14.1. The summed E-state index contributed by atoms with van der Waals surface area (Å²) >= 11 is 0. The largest absolute Gasteiger partial charge is 0.284 e. The van der Waals surface area contributed by atoms with Gasteiger partial charge in [-0.25, -0.2) is 0 Å². The van der Waals surface area contributed by atoms with Gasteiger partial charge in [-0.05, 0) is 48.9 Å². The first-order valence-corrected chi connectivity index (χ1v) is 7.35. The highest BCUT2D eigenvalue weighted by atomic mass is 15.2. The normalized spacial score (nSPS) is 19.3. The van der Waals surface area contributed by atoms with Crippen LogP contribution in [0.1, 0.15) is 56.7 Å². The molecule has 0 N–H and O–H groups in total. The highest BCUT2D eigenvalue weighted by molar-refractivity contribution is 5.29. The fraction of sp³-hybridized carbons (Fsp3) is 0.588. The first-order chi connectivity index (χ1) is 9.11. The third-order valence-corrected chi connectivity index (χ3v) is 4.22. The molecule has 2 nitrogen and oxygen atoms in total. The van der Waals surface area contributed by atoms with E-state index < -0.39 is 0 Å². The lowest BCUT2D eigenvalue weighted by atomic mass is 9.95. The van der Waals surface area contributed by atoms with Gasteiger partial charge in [-0.2, -0.15) is 5.26 Å². The maximum absolute atomic E-state index is 9.48. The van der Waals surface area contributed by atoms with E-state index in [0.717, 1.165) is 24.6 Å². The number of hydrogen-bond donors (Lipinski definition) is 0. The zero-order chi connectivity index (χ0) is 13.8. The Kier molecular flexibility index (Phi) is 4.61. The van der Waals surface area contributed by atoms with Crippen molar-refractivity contribution < 1.29 is 0 Å². The van der Waals surface area contributed by atoms with Crippen molar-refractivity contribution in [1.29, 1.82) is 5.26 Å². The number of nitriles is 1. The van der Waals surface area contributed by atoms with E-state index in [-0.39, 0.29) is 6.04 Å². The van der Waals surface area contributed by atoms with Crippen LogP contribution in [0.15, 0.2) is 24.3 Å². The topological polar surface area (TPSA) is 27.0 Å². The van der Waals surface area contributed by atoms with Crippen molar-refractivity contribution >= 4 is 0 Å². The van der Waals surface area contributed by atoms with Gasteiger partial charge in [0.1, 0.15) is 6.04 Å². The second-order valence-electron chi connectivity index (χ2n) is 6.07. The molecule has 0 aromatic heterocycles. The predicted octanol–water partition coefficient (Wildman–Crippen LogP) is 4.11. The second-order valence-corrected chi connectivity index (χ2v) is 6.07. The molecule has 1 atom stereocenters. The van der Waals surface area contributed by atoms with Gasteiger partial charge in [-0.1, -0.05) is 45.0 Å². The molecule has 0 spiro atoms. The Morgan fingerprint density at radius 2 is 1.63 bits per heavy atom. The molecule has 0 amide bonds. The molecule has 102 valence electrons. The summed E-state index contributed by atoms with van der Waals surface area (Å²) in [5.41, 5.74) is 2.48. The molecule has 0 bridgehead atoms. The predicted molar refractivity (Wildman–Crippen MR) is 78.9 cm³/mol. The van der Waals surface area contributed by atoms with E-state index in [2.05, 4.69) is 56.0 Å². The summed E-state index contributed by atoms with van der Waals surface area (Å²) in [7, 11) is 0. The summed E-state index contributed by atoms with van der Waals surface area (Å²) in [4.78, 5) is 2.32. The molecule has 1 aromatic rings. The molecular weight excluding hydrogens is 232 g/mol. The fourth-order valence-corrected chi connectivity index (χ4v) is 2.72. The van der Waals surface area contributed by atoms with Crippen molar-refractivity contribution in [3.05, 3.63) is 35.4 Å². The van der Waals surface area contributed by atoms with Crippen molar-refractivity contribution in [3.63, 3.8) is 0 Å². The molecule has 1 fully saturated rings. The number of nitrogens with zero attached hydrogens (tertiary/aromatic N) is 2. The Bertz CT molecular complexity index is 433. The molecule has 2 rings (SSSR count). The minimum absolute atomic E-state index is 0.0753. The Morgan fingerprint density at radius 1 is 1.11 bits per heavy atom. The molecule has 0 radical (unpaired) electrons. The number of benzene rings is 1. The van der Waals surface area contributed by atoms with Gasteiger partial charge in [0, 0.05) is 0 Å². The third-order valence-electron chi connectivity index (χ3n) is 4.22. The molecule has 1 unspecified atom stereocenters. The number of likely N-dealkylation sites (tertiary alicyclic amines) is 1. The van der Waals surface area contributed by atoms with Crippen molar-refractivity contribution in [1.82, 2.24) is 4.90 Å². The van der Waals surface area contributed by atoms with E-state index in [0.29, 0.717) is 5.92 Å². The lowest BCUT2D eigenvalue weighted by Crippen LogP contribution is -2.35. The number of rotatable bonds is 3. The average molecular weight is 256 g/mol. The number of piperidine rings is 1. The molecule has 1 saturated heterocycles. The summed E-state index contributed by atoms with van der Waals surface area (Å²) in [6, 6.07) is 11.0. The van der Waals surface area contributed by atoms with Crippen LogP contribution in [0.5, 0.6) is 0 Å². The van der Waals surface area contributed by atoms with Crippen LogP contribution in [0.25, 0.3) is 0 Å². The van der Waals surface area contributed by atoms with Gasteiger partial charge < -0.3 is 0 Å². The van der Waals surface area contributed by atoms with Gasteiger partial charge in [-0.3, -0.25) is 4.90 Å². The zero-order valence-corrected chi connectivity index (χ0v) is 12.3. The zero-order valence-electron chi connectivity index (χ0n) is 12.3. The van der Waals surface area contributed by atoms with Crippen LogP contribution in [-0.2, 0) is 0 Å². The standard InChI is InChI=1S/C17H24N2/c1-13(2)15-4-6-16(7-5-15)17(12-18)19-10-8-14(3)9-11-19/h4-7,13-14,17H,8-11H2,1-3H3. The molecule has 1 aliphatic heterocycles. The molecule has 0 saturated carbocycles. The third kappa shape index (κ3) is 3.36. The molecule has 2 heteroatoms. The maximum atomic E-state index is 9.48. The van der Waals surface area contributed by atoms with E-state index >= 15 is 0 Å².